The minimum absolute atomic E-state index is 0.232. The highest BCUT2D eigenvalue weighted by atomic mass is 31.2. The molecule has 0 aliphatic rings. The van der Waals surface area contributed by atoms with Crippen LogP contribution in [0.15, 0.2) is 24.3 Å². The second-order valence-corrected chi connectivity index (χ2v) is 3.63. The lowest BCUT2D eigenvalue weighted by Gasteiger charge is -2.04. The monoisotopic (exact) mass is 206 g/mol. The average molecular weight is 206 g/mol. The van der Waals surface area contributed by atoms with Crippen molar-refractivity contribution in [3.63, 3.8) is 0 Å². The van der Waals surface area contributed by atoms with E-state index < -0.39 is 13.6 Å². The van der Waals surface area contributed by atoms with Crippen LogP contribution in [0.4, 0.5) is 4.39 Å². The lowest BCUT2D eigenvalue weighted by atomic mass is 10.2. The number of phosphoric ester groups is 1. The van der Waals surface area contributed by atoms with E-state index in [1.54, 1.807) is 0 Å². The molecule has 0 aliphatic carbocycles. The Labute approximate surface area is 74.2 Å². The van der Waals surface area contributed by atoms with Gasteiger partial charge in [0.2, 0.25) is 0 Å². The van der Waals surface area contributed by atoms with Crippen molar-refractivity contribution < 1.29 is 23.3 Å². The molecule has 0 saturated heterocycles. The second kappa shape index (κ2) is 3.98. The molecule has 13 heavy (non-hydrogen) atoms. The number of halogens is 1. The van der Waals surface area contributed by atoms with Gasteiger partial charge in [0.1, 0.15) is 5.82 Å². The number of benzene rings is 1. The molecule has 4 nitrogen and oxygen atoms in total. The van der Waals surface area contributed by atoms with Crippen LogP contribution in [0, 0.1) is 5.82 Å². The van der Waals surface area contributed by atoms with E-state index in [0.717, 1.165) is 0 Å². The van der Waals surface area contributed by atoms with Gasteiger partial charge in [-0.1, -0.05) is 12.1 Å². The van der Waals surface area contributed by atoms with Gasteiger partial charge in [0.15, 0.2) is 0 Å². The summed E-state index contributed by atoms with van der Waals surface area (Å²) >= 11 is 0. The van der Waals surface area contributed by atoms with E-state index in [1.165, 1.54) is 24.3 Å². The number of hydrogen-bond acceptors (Lipinski definition) is 2. The molecule has 0 bridgehead atoms. The van der Waals surface area contributed by atoms with E-state index in [-0.39, 0.29) is 6.61 Å². The van der Waals surface area contributed by atoms with Crippen molar-refractivity contribution in [3.8, 4) is 0 Å². The van der Waals surface area contributed by atoms with Crippen LogP contribution < -0.4 is 0 Å². The maximum absolute atomic E-state index is 12.4. The van der Waals surface area contributed by atoms with Gasteiger partial charge in [-0.15, -0.1) is 0 Å². The first-order chi connectivity index (χ1) is 5.97. The second-order valence-electron chi connectivity index (χ2n) is 2.39. The highest BCUT2D eigenvalue weighted by Gasteiger charge is 2.13. The van der Waals surface area contributed by atoms with Crippen LogP contribution in [0.5, 0.6) is 0 Å². The summed E-state index contributed by atoms with van der Waals surface area (Å²) in [7, 11) is -4.44. The summed E-state index contributed by atoms with van der Waals surface area (Å²) < 4.78 is 26.8. The zero-order valence-corrected chi connectivity index (χ0v) is 7.45. The van der Waals surface area contributed by atoms with Crippen LogP contribution >= 0.6 is 7.82 Å². The van der Waals surface area contributed by atoms with Crippen molar-refractivity contribution in [1.29, 1.82) is 0 Å². The Kier molecular flexibility index (Phi) is 3.17. The number of phosphoric acid groups is 1. The van der Waals surface area contributed by atoms with Gasteiger partial charge < -0.3 is 9.79 Å². The number of hydrogen-bond donors (Lipinski definition) is 2. The molecule has 1 aromatic rings. The molecule has 0 amide bonds. The summed E-state index contributed by atoms with van der Waals surface area (Å²) in [5.41, 5.74) is 0.504. The Morgan fingerprint density at radius 2 is 1.85 bits per heavy atom. The van der Waals surface area contributed by atoms with Crippen LogP contribution in [-0.2, 0) is 15.7 Å². The normalized spacial score (nSPS) is 11.6. The summed E-state index contributed by atoms with van der Waals surface area (Å²) in [5.74, 6) is -0.403. The first-order valence-electron chi connectivity index (χ1n) is 3.42. The molecule has 6 heteroatoms. The first-order valence-corrected chi connectivity index (χ1v) is 4.95. The summed E-state index contributed by atoms with van der Waals surface area (Å²) in [5, 5.41) is 0. The van der Waals surface area contributed by atoms with Gasteiger partial charge in [-0.2, -0.15) is 0 Å². The molecule has 0 spiro atoms. The SMILES string of the molecule is O=P(O)(O)OCc1ccc(F)cc1. The predicted molar refractivity (Wildman–Crippen MR) is 43.2 cm³/mol. The fourth-order valence-electron chi connectivity index (χ4n) is 0.739. The van der Waals surface area contributed by atoms with Gasteiger partial charge in [0, 0.05) is 0 Å². The van der Waals surface area contributed by atoms with Crippen LogP contribution in [0.1, 0.15) is 5.56 Å². The van der Waals surface area contributed by atoms with Crippen molar-refractivity contribution >= 4 is 7.82 Å². The lowest BCUT2D eigenvalue weighted by Crippen LogP contribution is -1.90. The Bertz CT molecular complexity index is 318. The highest BCUT2D eigenvalue weighted by molar-refractivity contribution is 7.46. The lowest BCUT2D eigenvalue weighted by molar-refractivity contribution is 0.189. The molecule has 0 saturated carbocycles. The molecule has 0 fully saturated rings. The molecule has 1 aromatic carbocycles. The average Bonchev–Trinajstić information content (AvgIpc) is 2.02. The molecule has 2 N–H and O–H groups in total. The Balaban J connectivity index is 2.56. The number of rotatable bonds is 3. The van der Waals surface area contributed by atoms with Crippen molar-refractivity contribution in [2.45, 2.75) is 6.61 Å². The van der Waals surface area contributed by atoms with E-state index in [2.05, 4.69) is 4.52 Å². The topological polar surface area (TPSA) is 66.8 Å². The van der Waals surface area contributed by atoms with Crippen molar-refractivity contribution in [3.05, 3.63) is 35.6 Å². The smallest absolute Gasteiger partial charge is 0.303 e. The summed E-state index contributed by atoms with van der Waals surface area (Å²) in [6.45, 7) is -0.232. The Hall–Kier alpha value is -0.740. The molecule has 0 heterocycles. The summed E-state index contributed by atoms with van der Waals surface area (Å²) in [6.07, 6.45) is 0. The van der Waals surface area contributed by atoms with E-state index in [9.17, 15) is 8.96 Å². The maximum Gasteiger partial charge on any atom is 0.469 e. The minimum Gasteiger partial charge on any atom is -0.303 e. The minimum atomic E-state index is -4.44. The summed E-state index contributed by atoms with van der Waals surface area (Å²) in [4.78, 5) is 16.7. The van der Waals surface area contributed by atoms with Gasteiger partial charge >= 0.3 is 7.82 Å². The molecule has 0 unspecified atom stereocenters. The van der Waals surface area contributed by atoms with E-state index in [4.69, 9.17) is 9.79 Å². The van der Waals surface area contributed by atoms with Gasteiger partial charge in [0.25, 0.3) is 0 Å². The fourth-order valence-corrected chi connectivity index (χ4v) is 1.06. The summed E-state index contributed by atoms with van der Waals surface area (Å²) in [6, 6.07) is 5.17. The molecule has 72 valence electrons. The molecule has 0 aromatic heterocycles. The van der Waals surface area contributed by atoms with Crippen LogP contribution in [0.25, 0.3) is 0 Å². The van der Waals surface area contributed by atoms with Crippen molar-refractivity contribution in [2.24, 2.45) is 0 Å². The van der Waals surface area contributed by atoms with E-state index in [0.29, 0.717) is 5.56 Å². The standard InChI is InChI=1S/C7H8FO4P/c8-7-3-1-6(2-4-7)5-12-13(9,10)11/h1-4H,5H2,(H2,9,10,11). The molecule has 0 radical (unpaired) electrons. The Morgan fingerprint density at radius 1 is 1.31 bits per heavy atom. The van der Waals surface area contributed by atoms with Gasteiger partial charge in [-0.05, 0) is 17.7 Å². The third-order valence-corrected chi connectivity index (χ3v) is 1.78. The molecule has 1 rings (SSSR count). The van der Waals surface area contributed by atoms with Crippen molar-refractivity contribution in [1.82, 2.24) is 0 Å². The predicted octanol–water partition coefficient (Wildman–Crippen LogP) is 1.43. The molecular weight excluding hydrogens is 198 g/mol. The highest BCUT2D eigenvalue weighted by Crippen LogP contribution is 2.36. The zero-order chi connectivity index (χ0) is 9.90. The largest absolute Gasteiger partial charge is 0.469 e. The van der Waals surface area contributed by atoms with E-state index in [1.807, 2.05) is 0 Å². The van der Waals surface area contributed by atoms with Gasteiger partial charge in [-0.25, -0.2) is 8.96 Å². The fraction of sp³-hybridized carbons (Fsp3) is 0.143. The third-order valence-electron chi connectivity index (χ3n) is 1.31. The molecular formula is C7H8FO4P. The molecule has 0 aliphatic heterocycles. The third kappa shape index (κ3) is 4.15. The van der Waals surface area contributed by atoms with Crippen LogP contribution in [0.3, 0.4) is 0 Å². The van der Waals surface area contributed by atoms with Crippen molar-refractivity contribution in [2.75, 3.05) is 0 Å². The zero-order valence-electron chi connectivity index (χ0n) is 6.55. The molecule has 0 atom stereocenters. The van der Waals surface area contributed by atoms with Gasteiger partial charge in [-0.3, -0.25) is 4.52 Å². The van der Waals surface area contributed by atoms with E-state index >= 15 is 0 Å². The first kappa shape index (κ1) is 10.3. The Morgan fingerprint density at radius 3 is 2.31 bits per heavy atom. The maximum atomic E-state index is 12.4. The van der Waals surface area contributed by atoms with Gasteiger partial charge in [0.05, 0.1) is 6.61 Å². The quantitative estimate of drug-likeness (QED) is 0.734. The van der Waals surface area contributed by atoms with Crippen LogP contribution in [0.2, 0.25) is 0 Å². The van der Waals surface area contributed by atoms with Crippen LogP contribution in [-0.4, -0.2) is 9.79 Å².